The summed E-state index contributed by atoms with van der Waals surface area (Å²) in [6.45, 7) is 3.81. The predicted molar refractivity (Wildman–Crippen MR) is 82.8 cm³/mol. The van der Waals surface area contributed by atoms with Crippen LogP contribution in [0.15, 0.2) is 40.9 Å². The van der Waals surface area contributed by atoms with Crippen LogP contribution in [0.25, 0.3) is 0 Å². The SMILES string of the molecule is CNC(C)c1ccc(Oc2ccc(F)c(C)c2)cc1Br. The van der Waals surface area contributed by atoms with Crippen LogP contribution in [0, 0.1) is 12.7 Å². The van der Waals surface area contributed by atoms with E-state index in [-0.39, 0.29) is 11.9 Å². The first-order valence-corrected chi connectivity index (χ1v) is 7.21. The van der Waals surface area contributed by atoms with Crippen molar-refractivity contribution in [3.63, 3.8) is 0 Å². The van der Waals surface area contributed by atoms with Crippen LogP contribution < -0.4 is 10.1 Å². The lowest BCUT2D eigenvalue weighted by molar-refractivity contribution is 0.478. The van der Waals surface area contributed by atoms with E-state index >= 15 is 0 Å². The van der Waals surface area contributed by atoms with Gasteiger partial charge < -0.3 is 10.1 Å². The maximum absolute atomic E-state index is 13.2. The number of hydrogen-bond donors (Lipinski definition) is 1. The minimum Gasteiger partial charge on any atom is -0.457 e. The summed E-state index contributed by atoms with van der Waals surface area (Å²) in [5, 5.41) is 3.19. The molecule has 0 aliphatic heterocycles. The van der Waals surface area contributed by atoms with Gasteiger partial charge in [-0.15, -0.1) is 0 Å². The molecule has 0 aromatic heterocycles. The standard InChI is InChI=1S/C16H17BrFNO/c1-10-8-12(5-7-16(10)18)20-13-4-6-14(11(2)19-3)15(17)9-13/h4-9,11,19H,1-3H3. The van der Waals surface area contributed by atoms with E-state index in [9.17, 15) is 4.39 Å². The van der Waals surface area contributed by atoms with Crippen molar-refractivity contribution in [3.8, 4) is 11.5 Å². The summed E-state index contributed by atoms with van der Waals surface area (Å²) in [4.78, 5) is 0. The second kappa shape index (κ2) is 6.37. The molecule has 0 amide bonds. The quantitative estimate of drug-likeness (QED) is 0.850. The Morgan fingerprint density at radius 3 is 2.40 bits per heavy atom. The molecule has 2 aromatic carbocycles. The average Bonchev–Trinajstić information content (AvgIpc) is 2.42. The lowest BCUT2D eigenvalue weighted by atomic mass is 10.1. The molecular weight excluding hydrogens is 321 g/mol. The first kappa shape index (κ1) is 15.0. The highest BCUT2D eigenvalue weighted by Gasteiger charge is 2.09. The first-order valence-electron chi connectivity index (χ1n) is 6.42. The number of nitrogens with one attached hydrogen (secondary N) is 1. The van der Waals surface area contributed by atoms with E-state index < -0.39 is 0 Å². The zero-order chi connectivity index (χ0) is 14.7. The molecule has 106 valence electrons. The van der Waals surface area contributed by atoms with Crippen LogP contribution in [-0.2, 0) is 0 Å². The Morgan fingerprint density at radius 1 is 1.15 bits per heavy atom. The lowest BCUT2D eigenvalue weighted by Crippen LogP contribution is -2.12. The maximum atomic E-state index is 13.2. The van der Waals surface area contributed by atoms with Crippen molar-refractivity contribution in [2.24, 2.45) is 0 Å². The molecule has 2 rings (SSSR count). The molecule has 0 heterocycles. The summed E-state index contributed by atoms with van der Waals surface area (Å²) in [6.07, 6.45) is 0. The van der Waals surface area contributed by atoms with Gasteiger partial charge in [-0.3, -0.25) is 0 Å². The van der Waals surface area contributed by atoms with Gasteiger partial charge >= 0.3 is 0 Å². The molecular formula is C16H17BrFNO. The fraction of sp³-hybridized carbons (Fsp3) is 0.250. The molecule has 1 unspecified atom stereocenters. The number of aryl methyl sites for hydroxylation is 1. The zero-order valence-electron chi connectivity index (χ0n) is 11.7. The summed E-state index contributed by atoms with van der Waals surface area (Å²) < 4.78 is 19.9. The summed E-state index contributed by atoms with van der Waals surface area (Å²) >= 11 is 3.55. The van der Waals surface area contributed by atoms with Crippen LogP contribution in [0.1, 0.15) is 24.1 Å². The lowest BCUT2D eigenvalue weighted by Gasteiger charge is -2.14. The van der Waals surface area contributed by atoms with Gasteiger partial charge in [-0.05, 0) is 62.4 Å². The number of halogens is 2. The molecule has 1 N–H and O–H groups in total. The van der Waals surface area contributed by atoms with Gasteiger partial charge in [-0.25, -0.2) is 4.39 Å². The number of benzene rings is 2. The zero-order valence-corrected chi connectivity index (χ0v) is 13.3. The largest absolute Gasteiger partial charge is 0.457 e. The fourth-order valence-electron chi connectivity index (χ4n) is 1.89. The van der Waals surface area contributed by atoms with Gasteiger partial charge in [0.15, 0.2) is 0 Å². The van der Waals surface area contributed by atoms with Crippen molar-refractivity contribution in [2.75, 3.05) is 7.05 Å². The number of hydrogen-bond acceptors (Lipinski definition) is 2. The second-order valence-corrected chi connectivity index (χ2v) is 5.56. The van der Waals surface area contributed by atoms with E-state index in [4.69, 9.17) is 4.74 Å². The Kier molecular flexibility index (Phi) is 4.78. The molecule has 0 aliphatic rings. The molecule has 2 nitrogen and oxygen atoms in total. The van der Waals surface area contributed by atoms with Crippen LogP contribution in [-0.4, -0.2) is 7.05 Å². The van der Waals surface area contributed by atoms with E-state index in [1.54, 1.807) is 19.1 Å². The molecule has 0 saturated heterocycles. The Hall–Kier alpha value is -1.39. The molecule has 1 atom stereocenters. The van der Waals surface area contributed by atoms with E-state index in [2.05, 4.69) is 28.2 Å². The van der Waals surface area contributed by atoms with Gasteiger partial charge in [-0.1, -0.05) is 22.0 Å². The van der Waals surface area contributed by atoms with Gasteiger partial charge in [0.25, 0.3) is 0 Å². The fourth-order valence-corrected chi connectivity index (χ4v) is 2.60. The molecule has 0 radical (unpaired) electrons. The van der Waals surface area contributed by atoms with Crippen molar-refractivity contribution in [1.82, 2.24) is 5.32 Å². The molecule has 0 aliphatic carbocycles. The van der Waals surface area contributed by atoms with E-state index in [1.807, 2.05) is 25.2 Å². The normalized spacial score (nSPS) is 12.2. The highest BCUT2D eigenvalue weighted by atomic mass is 79.9. The van der Waals surface area contributed by atoms with Crippen LogP contribution >= 0.6 is 15.9 Å². The summed E-state index contributed by atoms with van der Waals surface area (Å²) in [6, 6.07) is 10.8. The molecule has 0 saturated carbocycles. The predicted octanol–water partition coefficient (Wildman–Crippen LogP) is 4.97. The highest BCUT2D eigenvalue weighted by Crippen LogP contribution is 2.30. The third-order valence-corrected chi connectivity index (χ3v) is 3.92. The Labute approximate surface area is 127 Å². The molecule has 0 fully saturated rings. The van der Waals surface area contributed by atoms with E-state index in [0.29, 0.717) is 11.3 Å². The smallest absolute Gasteiger partial charge is 0.128 e. The second-order valence-electron chi connectivity index (χ2n) is 4.71. The van der Waals surface area contributed by atoms with Crippen molar-refractivity contribution in [2.45, 2.75) is 19.9 Å². The molecule has 20 heavy (non-hydrogen) atoms. The highest BCUT2D eigenvalue weighted by molar-refractivity contribution is 9.10. The molecule has 0 bridgehead atoms. The minimum atomic E-state index is -0.225. The van der Waals surface area contributed by atoms with Gasteiger partial charge in [0.2, 0.25) is 0 Å². The van der Waals surface area contributed by atoms with E-state index in [1.165, 1.54) is 6.07 Å². The van der Waals surface area contributed by atoms with Crippen molar-refractivity contribution in [3.05, 3.63) is 57.8 Å². The monoisotopic (exact) mass is 337 g/mol. The maximum Gasteiger partial charge on any atom is 0.128 e. The summed E-state index contributed by atoms with van der Waals surface area (Å²) in [5.74, 6) is 1.12. The number of ether oxygens (including phenoxy) is 1. The topological polar surface area (TPSA) is 21.3 Å². The van der Waals surface area contributed by atoms with Gasteiger partial charge in [0.05, 0.1) is 0 Å². The molecule has 0 spiro atoms. The Balaban J connectivity index is 2.22. The van der Waals surface area contributed by atoms with Crippen LogP contribution in [0.5, 0.6) is 11.5 Å². The summed E-state index contributed by atoms with van der Waals surface area (Å²) in [7, 11) is 1.92. The van der Waals surface area contributed by atoms with Crippen LogP contribution in [0.4, 0.5) is 4.39 Å². The van der Waals surface area contributed by atoms with Gasteiger partial charge in [0.1, 0.15) is 17.3 Å². The third-order valence-electron chi connectivity index (χ3n) is 3.24. The number of rotatable bonds is 4. The third kappa shape index (κ3) is 3.38. The van der Waals surface area contributed by atoms with Crippen molar-refractivity contribution < 1.29 is 9.13 Å². The minimum absolute atomic E-state index is 0.225. The molecule has 4 heteroatoms. The van der Waals surface area contributed by atoms with Crippen molar-refractivity contribution in [1.29, 1.82) is 0 Å². The Bertz CT molecular complexity index is 615. The van der Waals surface area contributed by atoms with E-state index in [0.717, 1.165) is 15.8 Å². The first-order chi connectivity index (χ1) is 9.51. The van der Waals surface area contributed by atoms with Gasteiger partial charge in [0, 0.05) is 10.5 Å². The van der Waals surface area contributed by atoms with Crippen molar-refractivity contribution >= 4 is 15.9 Å². The molecule has 2 aromatic rings. The van der Waals surface area contributed by atoms with Crippen LogP contribution in [0.3, 0.4) is 0 Å². The van der Waals surface area contributed by atoms with Gasteiger partial charge in [-0.2, -0.15) is 0 Å². The van der Waals surface area contributed by atoms with Crippen LogP contribution in [0.2, 0.25) is 0 Å². The summed E-state index contributed by atoms with van der Waals surface area (Å²) in [5.41, 5.74) is 1.73. The Morgan fingerprint density at radius 2 is 1.80 bits per heavy atom. The average molecular weight is 338 g/mol.